The average molecular weight is 252 g/mol. The third kappa shape index (κ3) is 4.05. The maximum atomic E-state index is 5.55. The van der Waals surface area contributed by atoms with Crippen molar-refractivity contribution >= 4 is 5.57 Å². The molecule has 0 aliphatic heterocycles. The van der Waals surface area contributed by atoms with Gasteiger partial charge < -0.3 is 18.9 Å². The van der Waals surface area contributed by atoms with Crippen molar-refractivity contribution in [1.82, 2.24) is 0 Å². The summed E-state index contributed by atoms with van der Waals surface area (Å²) in [7, 11) is 3.17. The van der Waals surface area contributed by atoms with Crippen LogP contribution in [0.25, 0.3) is 5.57 Å². The van der Waals surface area contributed by atoms with Crippen molar-refractivity contribution in [1.29, 1.82) is 0 Å². The van der Waals surface area contributed by atoms with E-state index in [1.165, 1.54) is 0 Å². The van der Waals surface area contributed by atoms with Crippen molar-refractivity contribution in [3.05, 3.63) is 29.8 Å². The van der Waals surface area contributed by atoms with Crippen molar-refractivity contribution in [2.45, 2.75) is 13.8 Å². The van der Waals surface area contributed by atoms with Crippen LogP contribution >= 0.6 is 0 Å². The molecule has 0 aromatic heterocycles. The molecule has 0 saturated heterocycles. The maximum Gasteiger partial charge on any atom is 0.188 e. The number of rotatable bonds is 7. The molecule has 1 rings (SSSR count). The van der Waals surface area contributed by atoms with E-state index in [-0.39, 0.29) is 13.6 Å². The van der Waals surface area contributed by atoms with Crippen molar-refractivity contribution in [2.24, 2.45) is 0 Å². The monoisotopic (exact) mass is 252 g/mol. The van der Waals surface area contributed by atoms with Crippen LogP contribution in [0.1, 0.15) is 19.4 Å². The summed E-state index contributed by atoms with van der Waals surface area (Å²) < 4.78 is 20.7. The van der Waals surface area contributed by atoms with Crippen LogP contribution in [0.3, 0.4) is 0 Å². The van der Waals surface area contributed by atoms with Gasteiger partial charge in [0.1, 0.15) is 11.5 Å². The highest BCUT2D eigenvalue weighted by molar-refractivity contribution is 5.69. The number of benzene rings is 1. The molecule has 0 N–H and O–H groups in total. The standard InChI is InChI=1S/C14H20O4/c1-5-11(2)13-7-6-12(17-9-15-3)8-14(13)18-10-16-4/h5-8H,9-10H2,1-4H3. The second kappa shape index (κ2) is 7.74. The Labute approximate surface area is 108 Å². The molecule has 0 saturated carbocycles. The number of hydrogen-bond donors (Lipinski definition) is 0. The van der Waals surface area contributed by atoms with Gasteiger partial charge in [0.2, 0.25) is 0 Å². The van der Waals surface area contributed by atoms with Gasteiger partial charge >= 0.3 is 0 Å². The fourth-order valence-corrected chi connectivity index (χ4v) is 1.44. The second-order valence-corrected chi connectivity index (χ2v) is 3.73. The van der Waals surface area contributed by atoms with E-state index in [4.69, 9.17) is 18.9 Å². The van der Waals surface area contributed by atoms with E-state index in [1.807, 2.05) is 38.1 Å². The van der Waals surface area contributed by atoms with Gasteiger partial charge in [-0.1, -0.05) is 6.08 Å². The molecule has 4 nitrogen and oxygen atoms in total. The van der Waals surface area contributed by atoms with E-state index in [2.05, 4.69) is 0 Å². The van der Waals surface area contributed by atoms with Gasteiger partial charge in [-0.15, -0.1) is 0 Å². The molecule has 4 heteroatoms. The predicted octanol–water partition coefficient (Wildman–Crippen LogP) is 3.08. The Bertz CT molecular complexity index is 399. The largest absolute Gasteiger partial charge is 0.467 e. The van der Waals surface area contributed by atoms with Gasteiger partial charge in [-0.05, 0) is 31.6 Å². The molecule has 1 aromatic rings. The summed E-state index contributed by atoms with van der Waals surface area (Å²) in [5, 5.41) is 0. The number of hydrogen-bond acceptors (Lipinski definition) is 4. The Balaban J connectivity index is 2.96. The zero-order valence-electron chi connectivity index (χ0n) is 11.4. The SMILES string of the molecule is CC=C(C)c1ccc(OCOC)cc1OCOC. The van der Waals surface area contributed by atoms with E-state index < -0.39 is 0 Å². The van der Waals surface area contributed by atoms with Crippen LogP contribution in [0.5, 0.6) is 11.5 Å². The quantitative estimate of drug-likeness (QED) is 0.699. The van der Waals surface area contributed by atoms with Crippen LogP contribution in [0.2, 0.25) is 0 Å². The fourth-order valence-electron chi connectivity index (χ4n) is 1.44. The van der Waals surface area contributed by atoms with Gasteiger partial charge in [0, 0.05) is 25.8 Å². The molecule has 0 aliphatic carbocycles. The highest BCUT2D eigenvalue weighted by atomic mass is 16.7. The zero-order chi connectivity index (χ0) is 13.4. The molecule has 0 atom stereocenters. The second-order valence-electron chi connectivity index (χ2n) is 3.73. The van der Waals surface area contributed by atoms with Crippen LogP contribution in [0.15, 0.2) is 24.3 Å². The van der Waals surface area contributed by atoms with Gasteiger partial charge in [-0.25, -0.2) is 0 Å². The Morgan fingerprint density at radius 2 is 1.78 bits per heavy atom. The lowest BCUT2D eigenvalue weighted by molar-refractivity contribution is 0.0459. The molecule has 0 unspecified atom stereocenters. The van der Waals surface area contributed by atoms with Gasteiger partial charge in [0.05, 0.1) is 0 Å². The lowest BCUT2D eigenvalue weighted by Gasteiger charge is -2.13. The van der Waals surface area contributed by atoms with Crippen molar-refractivity contribution in [3.8, 4) is 11.5 Å². The first-order valence-electron chi connectivity index (χ1n) is 5.73. The molecule has 0 heterocycles. The molecule has 0 spiro atoms. The van der Waals surface area contributed by atoms with Gasteiger partial charge in [-0.2, -0.15) is 0 Å². The van der Waals surface area contributed by atoms with E-state index in [0.717, 1.165) is 16.9 Å². The lowest BCUT2D eigenvalue weighted by Crippen LogP contribution is -2.03. The van der Waals surface area contributed by atoms with Crippen LogP contribution in [0, 0.1) is 0 Å². The first-order valence-corrected chi connectivity index (χ1v) is 5.73. The van der Waals surface area contributed by atoms with Gasteiger partial charge in [0.15, 0.2) is 13.6 Å². The van der Waals surface area contributed by atoms with Crippen molar-refractivity contribution < 1.29 is 18.9 Å². The van der Waals surface area contributed by atoms with Crippen molar-refractivity contribution in [2.75, 3.05) is 27.8 Å². The van der Waals surface area contributed by atoms with E-state index in [1.54, 1.807) is 14.2 Å². The zero-order valence-corrected chi connectivity index (χ0v) is 11.4. The molecule has 0 bridgehead atoms. The Morgan fingerprint density at radius 3 is 2.39 bits per heavy atom. The Morgan fingerprint density at radius 1 is 1.11 bits per heavy atom. The normalized spacial score (nSPS) is 11.4. The smallest absolute Gasteiger partial charge is 0.188 e. The third-order valence-corrected chi connectivity index (χ3v) is 2.49. The molecular weight excluding hydrogens is 232 g/mol. The summed E-state index contributed by atoms with van der Waals surface area (Å²) in [6, 6.07) is 5.69. The fraction of sp³-hybridized carbons (Fsp3) is 0.429. The number of ether oxygens (including phenoxy) is 4. The minimum Gasteiger partial charge on any atom is -0.467 e. The van der Waals surface area contributed by atoms with Crippen LogP contribution in [-0.4, -0.2) is 27.8 Å². The number of allylic oxidation sites excluding steroid dienone is 2. The lowest BCUT2D eigenvalue weighted by atomic mass is 10.1. The summed E-state index contributed by atoms with van der Waals surface area (Å²) >= 11 is 0. The number of methoxy groups -OCH3 is 2. The minimum atomic E-state index is 0.206. The minimum absolute atomic E-state index is 0.206. The molecule has 18 heavy (non-hydrogen) atoms. The summed E-state index contributed by atoms with van der Waals surface area (Å²) in [5.74, 6) is 1.44. The van der Waals surface area contributed by atoms with Gasteiger partial charge in [0.25, 0.3) is 0 Å². The molecule has 0 amide bonds. The highest BCUT2D eigenvalue weighted by Gasteiger charge is 2.07. The van der Waals surface area contributed by atoms with E-state index >= 15 is 0 Å². The van der Waals surface area contributed by atoms with E-state index in [0.29, 0.717) is 5.75 Å². The third-order valence-electron chi connectivity index (χ3n) is 2.49. The van der Waals surface area contributed by atoms with Crippen LogP contribution in [-0.2, 0) is 9.47 Å². The molecular formula is C14H20O4. The maximum absolute atomic E-state index is 5.55. The Kier molecular flexibility index (Phi) is 6.25. The summed E-state index contributed by atoms with van der Waals surface area (Å²) in [6.45, 7) is 4.44. The average Bonchev–Trinajstić information content (AvgIpc) is 2.42. The van der Waals surface area contributed by atoms with E-state index in [9.17, 15) is 0 Å². The summed E-state index contributed by atoms with van der Waals surface area (Å²) in [5.41, 5.74) is 2.17. The Hall–Kier alpha value is -1.52. The molecule has 1 aromatic carbocycles. The predicted molar refractivity (Wildman–Crippen MR) is 70.8 cm³/mol. The topological polar surface area (TPSA) is 36.9 Å². The first kappa shape index (κ1) is 14.5. The van der Waals surface area contributed by atoms with Crippen molar-refractivity contribution in [3.63, 3.8) is 0 Å². The molecule has 0 fully saturated rings. The summed E-state index contributed by atoms with van der Waals surface area (Å²) in [4.78, 5) is 0. The summed E-state index contributed by atoms with van der Waals surface area (Å²) in [6.07, 6.45) is 2.03. The van der Waals surface area contributed by atoms with Crippen LogP contribution in [0.4, 0.5) is 0 Å². The highest BCUT2D eigenvalue weighted by Crippen LogP contribution is 2.30. The first-order chi connectivity index (χ1) is 8.72. The molecule has 0 aliphatic rings. The van der Waals surface area contributed by atoms with Gasteiger partial charge in [-0.3, -0.25) is 0 Å². The molecule has 0 radical (unpaired) electrons. The molecule has 100 valence electrons. The van der Waals surface area contributed by atoms with Crippen LogP contribution < -0.4 is 9.47 Å².